The van der Waals surface area contributed by atoms with E-state index in [2.05, 4.69) is 10.3 Å². The van der Waals surface area contributed by atoms with Gasteiger partial charge in [0, 0.05) is 39.9 Å². The summed E-state index contributed by atoms with van der Waals surface area (Å²) < 4.78 is 30.3. The highest BCUT2D eigenvalue weighted by Crippen LogP contribution is 2.26. The van der Waals surface area contributed by atoms with Crippen molar-refractivity contribution in [3.63, 3.8) is 0 Å². The average Bonchev–Trinajstić information content (AvgIpc) is 2.77. The Bertz CT molecular complexity index is 588. The van der Waals surface area contributed by atoms with E-state index in [-0.39, 0.29) is 11.0 Å². The van der Waals surface area contributed by atoms with E-state index in [1.807, 2.05) is 6.92 Å². The van der Waals surface area contributed by atoms with Crippen LogP contribution in [0.5, 0.6) is 0 Å². The SMILES string of the molecule is CC1OCCC1(O)CNc1ccc(S(=O)(=O)N(C)C)cn1. The molecule has 1 aliphatic heterocycles. The zero-order chi connectivity index (χ0) is 15.7. The van der Waals surface area contributed by atoms with Gasteiger partial charge in [0.2, 0.25) is 10.0 Å². The summed E-state index contributed by atoms with van der Waals surface area (Å²) in [4.78, 5) is 4.21. The van der Waals surface area contributed by atoms with Crippen LogP contribution < -0.4 is 5.32 Å². The van der Waals surface area contributed by atoms with Gasteiger partial charge in [0.25, 0.3) is 0 Å². The molecule has 2 N–H and O–H groups in total. The average molecular weight is 315 g/mol. The highest BCUT2D eigenvalue weighted by molar-refractivity contribution is 7.89. The quantitative estimate of drug-likeness (QED) is 0.811. The maximum Gasteiger partial charge on any atom is 0.244 e. The highest BCUT2D eigenvalue weighted by Gasteiger charge is 2.39. The lowest BCUT2D eigenvalue weighted by atomic mass is 9.97. The minimum Gasteiger partial charge on any atom is -0.385 e. The van der Waals surface area contributed by atoms with Gasteiger partial charge in [-0.15, -0.1) is 0 Å². The molecule has 2 rings (SSSR count). The number of hydrogen-bond acceptors (Lipinski definition) is 6. The fourth-order valence-corrected chi connectivity index (χ4v) is 2.94. The number of rotatable bonds is 5. The predicted octanol–water partition coefficient (Wildman–Crippen LogP) is 0.284. The fraction of sp³-hybridized carbons (Fsp3) is 0.615. The largest absolute Gasteiger partial charge is 0.385 e. The van der Waals surface area contributed by atoms with Crippen LogP contribution in [0.25, 0.3) is 0 Å². The van der Waals surface area contributed by atoms with Gasteiger partial charge in [0.15, 0.2) is 0 Å². The Kier molecular flexibility index (Phi) is 4.52. The van der Waals surface area contributed by atoms with Gasteiger partial charge < -0.3 is 15.2 Å². The third-order valence-corrected chi connectivity index (χ3v) is 5.55. The zero-order valence-corrected chi connectivity index (χ0v) is 13.2. The topological polar surface area (TPSA) is 91.8 Å². The number of pyridine rings is 1. The van der Waals surface area contributed by atoms with Crippen molar-refractivity contribution in [2.75, 3.05) is 32.6 Å². The van der Waals surface area contributed by atoms with E-state index in [4.69, 9.17) is 4.74 Å². The number of aliphatic hydroxyl groups is 1. The number of nitrogens with zero attached hydrogens (tertiary/aromatic N) is 2. The molecule has 1 saturated heterocycles. The predicted molar refractivity (Wildman–Crippen MR) is 78.6 cm³/mol. The fourth-order valence-electron chi connectivity index (χ4n) is 2.09. The molecular formula is C13H21N3O4S. The van der Waals surface area contributed by atoms with E-state index in [1.54, 1.807) is 6.07 Å². The van der Waals surface area contributed by atoms with Crippen LogP contribution in [0, 0.1) is 0 Å². The smallest absolute Gasteiger partial charge is 0.244 e. The number of hydrogen-bond donors (Lipinski definition) is 2. The van der Waals surface area contributed by atoms with E-state index in [1.165, 1.54) is 26.4 Å². The van der Waals surface area contributed by atoms with Gasteiger partial charge >= 0.3 is 0 Å². The third kappa shape index (κ3) is 3.34. The normalized spacial score (nSPS) is 26.2. The summed E-state index contributed by atoms with van der Waals surface area (Å²) in [6, 6.07) is 3.07. The first-order valence-corrected chi connectivity index (χ1v) is 8.16. The molecule has 2 atom stereocenters. The summed E-state index contributed by atoms with van der Waals surface area (Å²) in [7, 11) is -0.530. The Morgan fingerprint density at radius 3 is 2.71 bits per heavy atom. The summed E-state index contributed by atoms with van der Waals surface area (Å²) in [5, 5.41) is 13.4. The van der Waals surface area contributed by atoms with Crippen LogP contribution in [0.2, 0.25) is 0 Å². The molecule has 1 aliphatic rings. The molecule has 7 nitrogen and oxygen atoms in total. The minimum absolute atomic E-state index is 0.134. The molecule has 0 amide bonds. The third-order valence-electron chi connectivity index (χ3n) is 3.75. The standard InChI is InChI=1S/C13H21N3O4S/c1-10-13(17,6-7-20-10)9-15-12-5-4-11(8-14-12)21(18,19)16(2)3/h4-5,8,10,17H,6-7,9H2,1-3H3,(H,14,15). The van der Waals surface area contributed by atoms with Crippen molar-refractivity contribution in [1.29, 1.82) is 0 Å². The molecule has 1 aromatic heterocycles. The Balaban J connectivity index is 2.04. The summed E-state index contributed by atoms with van der Waals surface area (Å²) in [6.07, 6.45) is 1.63. The van der Waals surface area contributed by atoms with Gasteiger partial charge in [0.1, 0.15) is 16.3 Å². The molecule has 0 radical (unpaired) electrons. The highest BCUT2D eigenvalue weighted by atomic mass is 32.2. The van der Waals surface area contributed by atoms with Crippen molar-refractivity contribution in [2.45, 2.75) is 29.9 Å². The molecule has 2 heterocycles. The first-order valence-electron chi connectivity index (χ1n) is 6.72. The van der Waals surface area contributed by atoms with E-state index in [0.717, 1.165) is 4.31 Å². The number of anilines is 1. The van der Waals surface area contributed by atoms with Crippen LogP contribution in [0.1, 0.15) is 13.3 Å². The maximum atomic E-state index is 11.9. The maximum absolute atomic E-state index is 11.9. The lowest BCUT2D eigenvalue weighted by molar-refractivity contribution is -0.0176. The van der Waals surface area contributed by atoms with Gasteiger partial charge in [-0.2, -0.15) is 0 Å². The summed E-state index contributed by atoms with van der Waals surface area (Å²) in [5.74, 6) is 0.514. The molecule has 1 aromatic rings. The number of ether oxygens (including phenoxy) is 1. The molecule has 0 aromatic carbocycles. The van der Waals surface area contributed by atoms with Gasteiger partial charge in [-0.05, 0) is 19.1 Å². The summed E-state index contributed by atoms with van der Waals surface area (Å²) in [6.45, 7) is 2.67. The molecule has 0 bridgehead atoms. The molecule has 118 valence electrons. The van der Waals surface area contributed by atoms with Crippen LogP contribution >= 0.6 is 0 Å². The zero-order valence-electron chi connectivity index (χ0n) is 12.4. The van der Waals surface area contributed by atoms with Gasteiger partial charge in [-0.25, -0.2) is 17.7 Å². The van der Waals surface area contributed by atoms with Crippen LogP contribution in [0.15, 0.2) is 23.2 Å². The van der Waals surface area contributed by atoms with Crippen LogP contribution in [-0.4, -0.2) is 61.8 Å². The second kappa shape index (κ2) is 5.88. The Hall–Kier alpha value is -1.22. The molecular weight excluding hydrogens is 294 g/mol. The van der Waals surface area contributed by atoms with Crippen LogP contribution in [0.4, 0.5) is 5.82 Å². The number of aromatic nitrogens is 1. The van der Waals surface area contributed by atoms with Crippen molar-refractivity contribution in [1.82, 2.24) is 9.29 Å². The molecule has 0 saturated carbocycles. The molecule has 0 spiro atoms. The first-order chi connectivity index (χ1) is 9.75. The van der Waals surface area contributed by atoms with Gasteiger partial charge in [-0.3, -0.25) is 0 Å². The Morgan fingerprint density at radius 1 is 1.52 bits per heavy atom. The van der Waals surface area contributed by atoms with Crippen molar-refractivity contribution < 1.29 is 18.3 Å². The van der Waals surface area contributed by atoms with Crippen LogP contribution in [0.3, 0.4) is 0 Å². The first kappa shape index (κ1) is 16.2. The lowest BCUT2D eigenvalue weighted by Crippen LogP contribution is -2.43. The Labute approximate surface area is 125 Å². The van der Waals surface area contributed by atoms with Crippen LogP contribution in [-0.2, 0) is 14.8 Å². The van der Waals surface area contributed by atoms with E-state index < -0.39 is 15.6 Å². The molecule has 1 fully saturated rings. The summed E-state index contributed by atoms with van der Waals surface area (Å²) in [5.41, 5.74) is -0.921. The molecule has 2 unspecified atom stereocenters. The van der Waals surface area contributed by atoms with Crippen molar-refractivity contribution in [3.05, 3.63) is 18.3 Å². The van der Waals surface area contributed by atoms with Gasteiger partial charge in [-0.1, -0.05) is 0 Å². The van der Waals surface area contributed by atoms with Crippen molar-refractivity contribution in [2.24, 2.45) is 0 Å². The van der Waals surface area contributed by atoms with E-state index in [9.17, 15) is 13.5 Å². The van der Waals surface area contributed by atoms with Gasteiger partial charge in [0.05, 0.1) is 6.10 Å². The second-order valence-corrected chi connectivity index (χ2v) is 7.54. The van der Waals surface area contributed by atoms with E-state index in [0.29, 0.717) is 25.4 Å². The second-order valence-electron chi connectivity index (χ2n) is 5.39. The molecule has 8 heteroatoms. The lowest BCUT2D eigenvalue weighted by Gasteiger charge is -2.26. The summed E-state index contributed by atoms with van der Waals surface area (Å²) >= 11 is 0. The number of nitrogens with one attached hydrogen (secondary N) is 1. The van der Waals surface area contributed by atoms with Crippen molar-refractivity contribution >= 4 is 15.8 Å². The van der Waals surface area contributed by atoms with Crippen molar-refractivity contribution in [3.8, 4) is 0 Å². The number of sulfonamides is 1. The monoisotopic (exact) mass is 315 g/mol. The molecule has 0 aliphatic carbocycles. The minimum atomic E-state index is -3.47. The van der Waals surface area contributed by atoms with E-state index >= 15 is 0 Å². The molecule has 21 heavy (non-hydrogen) atoms. The Morgan fingerprint density at radius 2 is 2.24 bits per heavy atom.